The molecule has 11 heavy (non-hydrogen) atoms. The molecule has 0 spiro atoms. The maximum Gasteiger partial charge on any atom is 0.388 e. The van der Waals surface area contributed by atoms with Gasteiger partial charge >= 0.3 is 5.69 Å². The van der Waals surface area contributed by atoms with Gasteiger partial charge in [-0.25, -0.2) is 0 Å². The maximum atomic E-state index is 8.56. The Morgan fingerprint density at radius 1 is 1.55 bits per heavy atom. The van der Waals surface area contributed by atoms with Crippen molar-refractivity contribution in [3.8, 4) is 0 Å². The molecule has 0 unspecified atom stereocenters. The van der Waals surface area contributed by atoms with Gasteiger partial charge in [-0.15, -0.1) is 0 Å². The van der Waals surface area contributed by atoms with Crippen LogP contribution in [0.1, 0.15) is 12.5 Å². The Kier molecular flexibility index (Phi) is 2.83. The van der Waals surface area contributed by atoms with Gasteiger partial charge in [-0.2, -0.15) is 0 Å². The van der Waals surface area contributed by atoms with Gasteiger partial charge in [0.25, 0.3) is 0 Å². The molecule has 56 valence electrons. The minimum atomic E-state index is 0.674. The average molecular weight is 259 g/mol. The topological polar surface area (TPSA) is 28.1 Å². The lowest BCUT2D eigenvalue weighted by molar-refractivity contribution is 1.14. The van der Waals surface area contributed by atoms with Crippen molar-refractivity contribution in [2.45, 2.75) is 13.3 Å². The number of halogens is 1. The molecule has 0 saturated heterocycles. The van der Waals surface area contributed by atoms with Crippen molar-refractivity contribution in [2.24, 2.45) is 0 Å². The zero-order chi connectivity index (χ0) is 8.27. The van der Waals surface area contributed by atoms with Crippen molar-refractivity contribution < 1.29 is 0 Å². The first-order valence-corrected chi connectivity index (χ1v) is 4.49. The summed E-state index contributed by atoms with van der Waals surface area (Å²) >= 11 is 2.24. The molecule has 0 saturated carbocycles. The first kappa shape index (κ1) is 8.47. The van der Waals surface area contributed by atoms with Gasteiger partial charge in [-0.1, -0.05) is 6.92 Å². The number of hydrogen-bond donors (Lipinski definition) is 0. The van der Waals surface area contributed by atoms with E-state index in [2.05, 4.69) is 27.6 Å². The largest absolute Gasteiger partial charge is 0.388 e. The molecule has 3 heteroatoms. The molecule has 0 aliphatic rings. The van der Waals surface area contributed by atoms with Crippen LogP contribution in [0.25, 0.3) is 4.98 Å². The summed E-state index contributed by atoms with van der Waals surface area (Å²) in [5.74, 6) is 0. The molecule has 0 aliphatic carbocycles. The molecule has 1 rings (SSSR count). The minimum absolute atomic E-state index is 0.674. The number of benzene rings is 1. The lowest BCUT2D eigenvalue weighted by Gasteiger charge is -1.91. The number of rotatable bonds is 1. The van der Waals surface area contributed by atoms with Crippen LogP contribution in [0.2, 0.25) is 0 Å². The summed E-state index contributed by atoms with van der Waals surface area (Å²) in [5.41, 5.74) is 1.76. The predicted molar refractivity (Wildman–Crippen MR) is 53.3 cm³/mol. The van der Waals surface area contributed by atoms with Crippen molar-refractivity contribution in [2.75, 3.05) is 0 Å². The molecule has 2 nitrogen and oxygen atoms in total. The Morgan fingerprint density at radius 2 is 2.27 bits per heavy atom. The molecule has 0 amide bonds. The fraction of sp³-hybridized carbons (Fsp3) is 0.250. The maximum absolute atomic E-state index is 8.56. The monoisotopic (exact) mass is 259 g/mol. The summed E-state index contributed by atoms with van der Waals surface area (Å²) in [6, 6.07) is 5.77. The third-order valence-corrected chi connectivity index (χ3v) is 2.20. The molecule has 0 atom stereocenters. The molecule has 0 bridgehead atoms. The summed E-state index contributed by atoms with van der Waals surface area (Å²) in [6.07, 6.45) is 0.899. The summed E-state index contributed by atoms with van der Waals surface area (Å²) in [7, 11) is 0. The molecular weight excluding hydrogens is 251 g/mol. The predicted octanol–water partition coefficient (Wildman–Crippen LogP) is 3.34. The summed E-state index contributed by atoms with van der Waals surface area (Å²) in [5, 5.41) is 8.56. The first-order chi connectivity index (χ1) is 5.27. The zero-order valence-corrected chi connectivity index (χ0v) is 8.37. The second kappa shape index (κ2) is 3.67. The van der Waals surface area contributed by atoms with Gasteiger partial charge in [0, 0.05) is 15.2 Å². The smallest absolute Gasteiger partial charge is 0.0610 e. The number of hydrogen-bond acceptors (Lipinski definition) is 1. The van der Waals surface area contributed by atoms with Gasteiger partial charge in [0.1, 0.15) is 0 Å². The average Bonchev–Trinajstić information content (AvgIpc) is 2.04. The lowest BCUT2D eigenvalue weighted by atomic mass is 10.1. The van der Waals surface area contributed by atoms with Gasteiger partial charge in [0.2, 0.25) is 5.39 Å². The van der Waals surface area contributed by atoms with Gasteiger partial charge in [0.05, 0.1) is 0 Å². The van der Waals surface area contributed by atoms with Crippen molar-refractivity contribution in [1.82, 2.24) is 0 Å². The van der Waals surface area contributed by atoms with Crippen LogP contribution < -0.4 is 0 Å². The van der Waals surface area contributed by atoms with Crippen molar-refractivity contribution in [1.29, 1.82) is 5.39 Å². The van der Waals surface area contributed by atoms with E-state index >= 15 is 0 Å². The van der Waals surface area contributed by atoms with E-state index in [1.807, 2.05) is 25.1 Å². The van der Waals surface area contributed by atoms with E-state index in [0.29, 0.717) is 5.69 Å². The molecule has 1 aromatic carbocycles. The van der Waals surface area contributed by atoms with Crippen LogP contribution in [0.5, 0.6) is 0 Å². The second-order valence-electron chi connectivity index (χ2n) is 2.23. The summed E-state index contributed by atoms with van der Waals surface area (Å²) in [6.45, 7) is 2.04. The molecule has 0 fully saturated rings. The van der Waals surface area contributed by atoms with Crippen LogP contribution in [0, 0.1) is 8.96 Å². The number of nitrogens with zero attached hydrogens (tertiary/aromatic N) is 2. The number of aryl methyl sites for hydroxylation is 1. The van der Waals surface area contributed by atoms with E-state index in [1.165, 1.54) is 3.57 Å². The van der Waals surface area contributed by atoms with E-state index in [-0.39, 0.29) is 0 Å². The van der Waals surface area contributed by atoms with Crippen LogP contribution >= 0.6 is 22.6 Å². The van der Waals surface area contributed by atoms with E-state index in [4.69, 9.17) is 5.39 Å². The summed E-state index contributed by atoms with van der Waals surface area (Å²) < 4.78 is 1.17. The Balaban J connectivity index is 3.19. The first-order valence-electron chi connectivity index (χ1n) is 3.41. The second-order valence-corrected chi connectivity index (χ2v) is 3.47. The molecule has 0 N–H and O–H groups in total. The van der Waals surface area contributed by atoms with Crippen molar-refractivity contribution in [3.63, 3.8) is 0 Å². The molecule has 0 radical (unpaired) electrons. The molecule has 0 heterocycles. The SMILES string of the molecule is CCc1cc(I)ccc1[N+]#N. The van der Waals surface area contributed by atoms with Crippen LogP contribution in [0.3, 0.4) is 0 Å². The molecule has 1 aromatic rings. The van der Waals surface area contributed by atoms with E-state index in [0.717, 1.165) is 12.0 Å². The minimum Gasteiger partial charge on any atom is -0.0610 e. The third kappa shape index (κ3) is 1.90. The van der Waals surface area contributed by atoms with Gasteiger partial charge in [-0.3, -0.25) is 0 Å². The van der Waals surface area contributed by atoms with Crippen LogP contribution in [0.4, 0.5) is 5.69 Å². The molecule has 0 aliphatic heterocycles. The van der Waals surface area contributed by atoms with Crippen molar-refractivity contribution in [3.05, 3.63) is 32.3 Å². The van der Waals surface area contributed by atoms with Crippen LogP contribution in [-0.4, -0.2) is 0 Å². The Labute approximate surface area is 79.4 Å². The van der Waals surface area contributed by atoms with Crippen LogP contribution in [-0.2, 0) is 6.42 Å². The Morgan fingerprint density at radius 3 is 2.82 bits per heavy atom. The fourth-order valence-electron chi connectivity index (χ4n) is 0.935. The highest BCUT2D eigenvalue weighted by Crippen LogP contribution is 2.21. The van der Waals surface area contributed by atoms with E-state index in [1.54, 1.807) is 0 Å². The van der Waals surface area contributed by atoms with Gasteiger partial charge in [-0.05, 0) is 41.1 Å². The lowest BCUT2D eigenvalue weighted by Crippen LogP contribution is -1.80. The Hall–Kier alpha value is -0.630. The van der Waals surface area contributed by atoms with Gasteiger partial charge < -0.3 is 0 Å². The zero-order valence-electron chi connectivity index (χ0n) is 6.21. The van der Waals surface area contributed by atoms with E-state index < -0.39 is 0 Å². The molecular formula is C8H8IN2+. The summed E-state index contributed by atoms with van der Waals surface area (Å²) in [4.78, 5) is 3.18. The highest BCUT2D eigenvalue weighted by molar-refractivity contribution is 14.1. The molecule has 0 aromatic heterocycles. The highest BCUT2D eigenvalue weighted by Gasteiger charge is 2.10. The van der Waals surface area contributed by atoms with Gasteiger partial charge in [0.15, 0.2) is 4.98 Å². The Bertz CT molecular complexity index is 301. The highest BCUT2D eigenvalue weighted by atomic mass is 127. The normalized spacial score (nSPS) is 9.18. The van der Waals surface area contributed by atoms with E-state index in [9.17, 15) is 0 Å². The fourth-order valence-corrected chi connectivity index (χ4v) is 1.49. The van der Waals surface area contributed by atoms with Crippen molar-refractivity contribution >= 4 is 28.3 Å². The quantitative estimate of drug-likeness (QED) is 0.561. The third-order valence-electron chi connectivity index (χ3n) is 1.53. The number of diazo groups is 1. The standard InChI is InChI=1S/C8H8IN2/c1-2-6-5-7(9)3-4-8(6)11-10/h3-5H,2H2,1H3/q+1. The van der Waals surface area contributed by atoms with Crippen LogP contribution in [0.15, 0.2) is 18.2 Å².